The number of carbonyl (C=O) groups excluding carboxylic acids is 1. The van der Waals surface area contributed by atoms with Gasteiger partial charge in [0.2, 0.25) is 0 Å². The summed E-state index contributed by atoms with van der Waals surface area (Å²) in [4.78, 5) is 14.2. The van der Waals surface area contributed by atoms with Crippen LogP contribution in [-0.4, -0.2) is 45.5 Å². The first-order valence-electron chi connectivity index (χ1n) is 8.62. The van der Waals surface area contributed by atoms with Gasteiger partial charge in [0, 0.05) is 17.6 Å². The lowest BCUT2D eigenvalue weighted by Gasteiger charge is -2.30. The summed E-state index contributed by atoms with van der Waals surface area (Å²) < 4.78 is 47.3. The van der Waals surface area contributed by atoms with Crippen molar-refractivity contribution in [1.82, 2.24) is 4.90 Å². The molecule has 1 saturated heterocycles. The molecule has 1 unspecified atom stereocenters. The number of amides is 1. The number of hydrogen-bond acceptors (Lipinski definition) is 5. The zero-order chi connectivity index (χ0) is 20.1. The van der Waals surface area contributed by atoms with Crippen molar-refractivity contribution < 1.29 is 26.6 Å². The highest BCUT2D eigenvalue weighted by atomic mass is 79.9. The quantitative estimate of drug-likeness (QED) is 0.604. The summed E-state index contributed by atoms with van der Waals surface area (Å²) in [5.74, 6) is -0.244. The van der Waals surface area contributed by atoms with E-state index in [1.54, 1.807) is 4.90 Å². The minimum absolute atomic E-state index is 0.172. The minimum Gasteiger partial charge on any atom is -0.378 e. The van der Waals surface area contributed by atoms with E-state index in [2.05, 4.69) is 15.9 Å². The van der Waals surface area contributed by atoms with Gasteiger partial charge in [-0.1, -0.05) is 46.3 Å². The Morgan fingerprint density at radius 3 is 2.39 bits per heavy atom. The van der Waals surface area contributed by atoms with Crippen molar-refractivity contribution in [2.24, 2.45) is 0 Å². The molecule has 1 heterocycles. The smallest absolute Gasteiger partial charge is 0.332 e. The Balaban J connectivity index is 1.85. The van der Waals surface area contributed by atoms with Crippen LogP contribution in [0.15, 0.2) is 57.9 Å². The molecule has 0 saturated carbocycles. The van der Waals surface area contributed by atoms with Crippen LogP contribution in [0.2, 0.25) is 0 Å². The molecule has 6 nitrogen and oxygen atoms in total. The first kappa shape index (κ1) is 20.9. The molecule has 3 rings (SSSR count). The van der Waals surface area contributed by atoms with E-state index < -0.39 is 21.2 Å². The number of halogens is 2. The summed E-state index contributed by atoms with van der Waals surface area (Å²) in [6, 6.07) is 12.5. The molecular formula is C19H19BrFNO5S. The first-order valence-corrected chi connectivity index (χ1v) is 10.8. The SMILES string of the molecule is O=C(C(OCc1ccccc1Br)c1ccc(S(=O)(=O)F)cc1)N1CCOCC1. The first-order chi connectivity index (χ1) is 13.4. The molecular weight excluding hydrogens is 453 g/mol. The molecule has 0 aromatic heterocycles. The van der Waals surface area contributed by atoms with Gasteiger partial charge < -0.3 is 14.4 Å². The van der Waals surface area contributed by atoms with E-state index in [0.717, 1.165) is 22.2 Å². The normalized spacial score (nSPS) is 16.0. The zero-order valence-electron chi connectivity index (χ0n) is 14.9. The highest BCUT2D eigenvalue weighted by molar-refractivity contribution is 9.10. The molecule has 0 aliphatic carbocycles. The third-order valence-electron chi connectivity index (χ3n) is 4.37. The van der Waals surface area contributed by atoms with Gasteiger partial charge in [0.25, 0.3) is 5.91 Å². The van der Waals surface area contributed by atoms with Gasteiger partial charge in [-0.25, -0.2) is 0 Å². The fraction of sp³-hybridized carbons (Fsp3) is 0.316. The van der Waals surface area contributed by atoms with Crippen LogP contribution in [0.25, 0.3) is 0 Å². The van der Waals surface area contributed by atoms with Crippen molar-refractivity contribution in [3.05, 3.63) is 64.1 Å². The third-order valence-corrected chi connectivity index (χ3v) is 5.98. The van der Waals surface area contributed by atoms with Crippen LogP contribution in [0.1, 0.15) is 17.2 Å². The Morgan fingerprint density at radius 1 is 1.14 bits per heavy atom. The summed E-state index contributed by atoms with van der Waals surface area (Å²) in [5, 5.41) is 0. The Morgan fingerprint density at radius 2 is 1.79 bits per heavy atom. The van der Waals surface area contributed by atoms with E-state index in [1.165, 1.54) is 12.1 Å². The van der Waals surface area contributed by atoms with E-state index in [-0.39, 0.29) is 12.5 Å². The molecule has 1 amide bonds. The molecule has 150 valence electrons. The largest absolute Gasteiger partial charge is 0.378 e. The zero-order valence-corrected chi connectivity index (χ0v) is 17.3. The number of carbonyl (C=O) groups is 1. The molecule has 28 heavy (non-hydrogen) atoms. The van der Waals surface area contributed by atoms with Gasteiger partial charge in [0.05, 0.1) is 24.7 Å². The third kappa shape index (κ3) is 5.16. The topological polar surface area (TPSA) is 72.9 Å². The van der Waals surface area contributed by atoms with Crippen molar-refractivity contribution in [2.75, 3.05) is 26.3 Å². The minimum atomic E-state index is -4.81. The fourth-order valence-corrected chi connectivity index (χ4v) is 3.71. The number of rotatable bonds is 6. The van der Waals surface area contributed by atoms with Crippen molar-refractivity contribution >= 4 is 32.1 Å². The average Bonchev–Trinajstić information content (AvgIpc) is 2.69. The highest BCUT2D eigenvalue weighted by Gasteiger charge is 2.28. The second kappa shape index (κ2) is 9.13. The Kier molecular flexibility index (Phi) is 6.82. The predicted octanol–water partition coefficient (Wildman–Crippen LogP) is 3.22. The van der Waals surface area contributed by atoms with Crippen LogP contribution in [0.4, 0.5) is 3.89 Å². The van der Waals surface area contributed by atoms with Crippen LogP contribution in [0, 0.1) is 0 Å². The van der Waals surface area contributed by atoms with Crippen LogP contribution in [0.3, 0.4) is 0 Å². The molecule has 9 heteroatoms. The van der Waals surface area contributed by atoms with Gasteiger partial charge in [-0.3, -0.25) is 4.79 Å². The lowest BCUT2D eigenvalue weighted by Crippen LogP contribution is -2.43. The number of benzene rings is 2. The predicted molar refractivity (Wildman–Crippen MR) is 104 cm³/mol. The molecule has 1 aliphatic heterocycles. The van der Waals surface area contributed by atoms with Crippen molar-refractivity contribution in [1.29, 1.82) is 0 Å². The van der Waals surface area contributed by atoms with Crippen LogP contribution >= 0.6 is 15.9 Å². The summed E-state index contributed by atoms with van der Waals surface area (Å²) in [7, 11) is -4.81. The molecule has 0 bridgehead atoms. The molecule has 0 spiro atoms. The second-order valence-corrected chi connectivity index (χ2v) is 8.43. The maximum atomic E-state index is 13.2. The summed E-state index contributed by atoms with van der Waals surface area (Å²) in [5.41, 5.74) is 1.32. The molecule has 2 aromatic carbocycles. The molecule has 2 aromatic rings. The number of morpholine rings is 1. The van der Waals surface area contributed by atoms with Gasteiger partial charge in [-0.15, -0.1) is 3.89 Å². The summed E-state index contributed by atoms with van der Waals surface area (Å²) in [6.45, 7) is 1.96. The molecule has 1 atom stereocenters. The monoisotopic (exact) mass is 471 g/mol. The Bertz CT molecular complexity index is 930. The van der Waals surface area contributed by atoms with Crippen molar-refractivity contribution in [3.8, 4) is 0 Å². The van der Waals surface area contributed by atoms with Crippen LogP contribution < -0.4 is 0 Å². The summed E-state index contributed by atoms with van der Waals surface area (Å²) >= 11 is 3.45. The van der Waals surface area contributed by atoms with E-state index in [1.807, 2.05) is 24.3 Å². The van der Waals surface area contributed by atoms with E-state index in [9.17, 15) is 17.1 Å². The Labute approximate surface area is 171 Å². The molecule has 0 N–H and O–H groups in total. The lowest BCUT2D eigenvalue weighted by molar-refractivity contribution is -0.149. The van der Waals surface area contributed by atoms with Crippen molar-refractivity contribution in [2.45, 2.75) is 17.6 Å². The maximum absolute atomic E-state index is 13.2. The van der Waals surface area contributed by atoms with Crippen LogP contribution in [-0.2, 0) is 31.1 Å². The molecule has 0 radical (unpaired) electrons. The van der Waals surface area contributed by atoms with E-state index in [0.29, 0.717) is 31.9 Å². The standard InChI is InChI=1S/C19H19BrFNO5S/c20-17-4-2-1-3-15(17)13-27-18(19(23)22-9-11-26-12-10-22)14-5-7-16(8-6-14)28(21,24)25/h1-8,18H,9-13H2. The number of nitrogens with zero attached hydrogens (tertiary/aromatic N) is 1. The average molecular weight is 472 g/mol. The lowest BCUT2D eigenvalue weighted by atomic mass is 10.1. The number of ether oxygens (including phenoxy) is 2. The fourth-order valence-electron chi connectivity index (χ4n) is 2.85. The molecule has 1 aliphatic rings. The van der Waals surface area contributed by atoms with Crippen LogP contribution in [0.5, 0.6) is 0 Å². The highest BCUT2D eigenvalue weighted by Crippen LogP contribution is 2.26. The van der Waals surface area contributed by atoms with Crippen molar-refractivity contribution in [3.63, 3.8) is 0 Å². The van der Waals surface area contributed by atoms with Gasteiger partial charge in [-0.2, -0.15) is 8.42 Å². The molecule has 1 fully saturated rings. The maximum Gasteiger partial charge on any atom is 0.332 e. The number of hydrogen-bond donors (Lipinski definition) is 0. The summed E-state index contributed by atoms with van der Waals surface area (Å²) in [6.07, 6.45) is -0.943. The second-order valence-electron chi connectivity index (χ2n) is 6.23. The van der Waals surface area contributed by atoms with E-state index >= 15 is 0 Å². The van der Waals surface area contributed by atoms with Gasteiger partial charge >= 0.3 is 10.2 Å². The van der Waals surface area contributed by atoms with E-state index in [4.69, 9.17) is 9.47 Å². The van der Waals surface area contributed by atoms with Gasteiger partial charge in [-0.05, 0) is 29.3 Å². The van der Waals surface area contributed by atoms with Gasteiger partial charge in [0.1, 0.15) is 0 Å². The van der Waals surface area contributed by atoms with Gasteiger partial charge in [0.15, 0.2) is 6.10 Å². The Hall–Kier alpha value is -1.81.